The fraction of sp³-hybridized carbons (Fsp3) is 0.535. The second kappa shape index (κ2) is 15.9. The zero-order valence-electron chi connectivity index (χ0n) is 32.9. The monoisotopic (exact) mass is 803 g/mol. The highest BCUT2D eigenvalue weighted by molar-refractivity contribution is 7.92. The van der Waals surface area contributed by atoms with Crippen LogP contribution >= 0.6 is 11.6 Å². The highest BCUT2D eigenvalue weighted by atomic mass is 35.5. The molecule has 3 aromatic rings. The van der Waals surface area contributed by atoms with Gasteiger partial charge in [0.15, 0.2) is 0 Å². The lowest BCUT2D eigenvalue weighted by molar-refractivity contribution is -0.0342. The minimum Gasteiger partial charge on any atom is -0.490 e. The fourth-order valence-corrected chi connectivity index (χ4v) is 11.6. The van der Waals surface area contributed by atoms with Crippen molar-refractivity contribution in [2.24, 2.45) is 29.2 Å². The largest absolute Gasteiger partial charge is 0.490 e. The van der Waals surface area contributed by atoms with Crippen molar-refractivity contribution in [3.8, 4) is 5.75 Å². The number of anilines is 1. The molecule has 5 aliphatic rings. The van der Waals surface area contributed by atoms with Crippen molar-refractivity contribution in [3.05, 3.63) is 93.8 Å². The van der Waals surface area contributed by atoms with Gasteiger partial charge >= 0.3 is 0 Å². The van der Waals surface area contributed by atoms with Crippen molar-refractivity contribution in [3.63, 3.8) is 0 Å². The van der Waals surface area contributed by atoms with E-state index in [-0.39, 0.29) is 29.3 Å². The van der Waals surface area contributed by atoms with E-state index >= 15 is 0 Å². The molecule has 2 aromatic carbocycles. The van der Waals surface area contributed by atoms with Crippen molar-refractivity contribution < 1.29 is 28.0 Å². The minimum absolute atomic E-state index is 0.0104. The van der Waals surface area contributed by atoms with Crippen LogP contribution in [0.15, 0.2) is 65.2 Å². The van der Waals surface area contributed by atoms with Crippen LogP contribution in [0, 0.1) is 17.8 Å². The Labute approximate surface area is 336 Å². The average Bonchev–Trinajstić information content (AvgIpc) is 3.44. The maximum Gasteiger partial charge on any atom is 0.286 e. The molecule has 1 N–H and O–H groups in total. The number of carbonyl (C=O) groups is 2. The summed E-state index contributed by atoms with van der Waals surface area (Å²) < 4.78 is 42.0. The van der Waals surface area contributed by atoms with Crippen LogP contribution in [0.2, 0.25) is 5.02 Å². The lowest BCUT2D eigenvalue weighted by atomic mass is 9.68. The Morgan fingerprint density at radius 2 is 1.95 bits per heavy atom. The Hall–Kier alpha value is -3.68. The van der Waals surface area contributed by atoms with Gasteiger partial charge in [0.25, 0.3) is 11.8 Å². The molecule has 2 amide bonds. The Morgan fingerprint density at radius 1 is 1.11 bits per heavy atom. The second-order valence-corrected chi connectivity index (χ2v) is 19.2. The number of amides is 2. The van der Waals surface area contributed by atoms with Gasteiger partial charge in [-0.3, -0.25) is 19.2 Å². The van der Waals surface area contributed by atoms with Crippen LogP contribution in [0.3, 0.4) is 0 Å². The summed E-state index contributed by atoms with van der Waals surface area (Å²) in [5.41, 5.74) is 4.72. The molecule has 1 spiro atoms. The zero-order valence-corrected chi connectivity index (χ0v) is 34.4. The van der Waals surface area contributed by atoms with Gasteiger partial charge in [-0.25, -0.2) is 4.21 Å². The first-order chi connectivity index (χ1) is 26.9. The number of likely N-dealkylation sites (tertiary alicyclic amines) is 1. The topological polar surface area (TPSA) is 115 Å². The molecule has 2 bridgehead atoms. The van der Waals surface area contributed by atoms with Crippen LogP contribution in [0.1, 0.15) is 76.6 Å². The van der Waals surface area contributed by atoms with Crippen LogP contribution < -0.4 is 14.4 Å². The summed E-state index contributed by atoms with van der Waals surface area (Å²) >= 11 is 6.48. The van der Waals surface area contributed by atoms with Gasteiger partial charge in [0, 0.05) is 81.9 Å². The van der Waals surface area contributed by atoms with E-state index in [1.807, 2.05) is 42.8 Å². The number of aromatic nitrogens is 1. The summed E-state index contributed by atoms with van der Waals surface area (Å²) in [6, 6.07) is 13.5. The van der Waals surface area contributed by atoms with Crippen LogP contribution in [0.4, 0.5) is 5.69 Å². The van der Waals surface area contributed by atoms with Crippen molar-refractivity contribution in [2.45, 2.75) is 69.6 Å². The maximum atomic E-state index is 14.8. The highest BCUT2D eigenvalue weighted by Gasteiger charge is 2.44. The van der Waals surface area contributed by atoms with E-state index in [9.17, 15) is 13.8 Å². The van der Waals surface area contributed by atoms with Crippen LogP contribution in [0.5, 0.6) is 5.75 Å². The van der Waals surface area contributed by atoms with E-state index < -0.39 is 21.7 Å². The molecule has 13 heteroatoms. The van der Waals surface area contributed by atoms with Crippen LogP contribution in [0.25, 0.3) is 0 Å². The van der Waals surface area contributed by atoms with Crippen molar-refractivity contribution in [2.75, 3.05) is 57.7 Å². The average molecular weight is 804 g/mol. The number of fused-ring (bicyclic) bond motifs is 4. The molecule has 2 fully saturated rings. The Balaban J connectivity index is 1.14. The van der Waals surface area contributed by atoms with Gasteiger partial charge in [-0.2, -0.15) is 0 Å². The summed E-state index contributed by atoms with van der Waals surface area (Å²) in [4.78, 5) is 32.6. The number of rotatable bonds is 6. The Bertz CT molecular complexity index is 2140. The second-order valence-electron chi connectivity index (χ2n) is 16.8. The molecule has 300 valence electrons. The van der Waals surface area contributed by atoms with Gasteiger partial charge in [-0.05, 0) is 104 Å². The number of methoxy groups -OCH3 is 2. The smallest absolute Gasteiger partial charge is 0.286 e. The molecule has 1 saturated carbocycles. The zero-order chi connectivity index (χ0) is 39.2. The number of aryl methyl sites for hydroxylation is 2. The van der Waals surface area contributed by atoms with Gasteiger partial charge in [0.05, 0.1) is 35.8 Å². The first-order valence-electron chi connectivity index (χ1n) is 20.0. The molecule has 56 heavy (non-hydrogen) atoms. The molecular formula is C43H54ClN5O6S. The summed E-state index contributed by atoms with van der Waals surface area (Å²) in [6.07, 6.45) is 11.9. The Morgan fingerprint density at radius 3 is 2.71 bits per heavy atom. The molecule has 1 aromatic heterocycles. The van der Waals surface area contributed by atoms with Crippen LogP contribution in [-0.4, -0.2) is 90.5 Å². The molecule has 0 radical (unpaired) electrons. The number of nitrogens with zero attached hydrogens (tertiary/aromatic N) is 4. The van der Waals surface area contributed by atoms with Crippen molar-refractivity contribution in [1.82, 2.24) is 14.2 Å². The summed E-state index contributed by atoms with van der Waals surface area (Å²) in [5.74, 6) is 0.127. The highest BCUT2D eigenvalue weighted by Crippen LogP contribution is 2.47. The lowest BCUT2D eigenvalue weighted by Crippen LogP contribution is -2.51. The van der Waals surface area contributed by atoms with Crippen LogP contribution in [-0.2, 0) is 44.8 Å². The molecular weight excluding hydrogens is 750 g/mol. The van der Waals surface area contributed by atoms with E-state index in [0.717, 1.165) is 68.1 Å². The number of hydrogen-bond donors (Lipinski definition) is 1. The molecule has 3 aliphatic heterocycles. The molecule has 6 atom stereocenters. The van der Waals surface area contributed by atoms with Gasteiger partial charge in [-0.1, -0.05) is 36.7 Å². The third kappa shape index (κ3) is 7.92. The number of hydrogen-bond acceptors (Lipinski definition) is 8. The molecule has 2 aliphatic carbocycles. The number of carbonyl (C=O) groups excluding carboxylic acids is 2. The molecule has 11 nitrogen and oxygen atoms in total. The predicted molar refractivity (Wildman–Crippen MR) is 219 cm³/mol. The summed E-state index contributed by atoms with van der Waals surface area (Å²) in [6.45, 7) is 6.29. The summed E-state index contributed by atoms with van der Waals surface area (Å²) in [7, 11) is 1.83. The SMILES string of the molecule is COC1CN(Cc2cc(C(=O)NS3(=O)=NC(=O)c4ccc5c(c4)N(C[C@@H]4CC[C@H]4[C@@H](OC)/C=C/C[C@H](C)C3)C[C@@]3(CCCc4cc(Cl)ccc43)CO5)cn2C)C1. The predicted octanol–water partition coefficient (Wildman–Crippen LogP) is 6.57. The van der Waals surface area contributed by atoms with E-state index in [1.165, 1.54) is 11.1 Å². The minimum atomic E-state index is -3.55. The van der Waals surface area contributed by atoms with E-state index in [0.29, 0.717) is 54.8 Å². The first kappa shape index (κ1) is 39.2. The first-order valence-corrected chi connectivity index (χ1v) is 22.0. The third-order valence-electron chi connectivity index (χ3n) is 12.8. The van der Waals surface area contributed by atoms with Gasteiger partial charge < -0.3 is 23.7 Å². The quantitative estimate of drug-likeness (QED) is 0.279. The van der Waals surface area contributed by atoms with E-state index in [4.69, 9.17) is 25.8 Å². The van der Waals surface area contributed by atoms with Gasteiger partial charge in [0.1, 0.15) is 15.7 Å². The van der Waals surface area contributed by atoms with E-state index in [1.54, 1.807) is 26.5 Å². The normalized spacial score (nSPS) is 30.2. The maximum absolute atomic E-state index is 14.8. The standard InChI is InChI=1S/C43H54ClN5O6S/c1-28-7-5-9-39(54-4)36-13-10-31(36)21-49-26-43(16-6-8-29-17-33(44)12-14-37(29)43)27-55-40-15-11-30(19-38(40)49)41(50)45-56(52,25-28)46-42(51)32-18-34(47(2)20-32)22-48-23-35(24-48)53-3/h5,9,11-12,14-15,17-20,28,31,35-36,39H,6-8,10,13,16,21-27H2,1-4H3,(H,45,46,50,51,52)/b9-5+/t28-,31-,36+,39-,43-,56?/m0/s1. The fourth-order valence-electron chi connectivity index (χ4n) is 9.49. The van der Waals surface area contributed by atoms with Gasteiger partial charge in [0.2, 0.25) is 0 Å². The number of benzene rings is 2. The lowest BCUT2D eigenvalue weighted by Gasteiger charge is -2.46. The third-order valence-corrected chi connectivity index (χ3v) is 15.0. The number of nitrogens with one attached hydrogen (secondary N) is 1. The summed E-state index contributed by atoms with van der Waals surface area (Å²) in [5, 5.41) is 0.741. The van der Waals surface area contributed by atoms with Crippen molar-refractivity contribution >= 4 is 39.0 Å². The molecule has 8 rings (SSSR count). The van der Waals surface area contributed by atoms with Crippen molar-refractivity contribution in [1.29, 1.82) is 0 Å². The number of allylic oxidation sites excluding steroid dienone is 1. The number of ether oxygens (including phenoxy) is 3. The number of halogens is 1. The molecule has 1 saturated heterocycles. The molecule has 1 unspecified atom stereocenters. The Kier molecular flexibility index (Phi) is 11.1. The van der Waals surface area contributed by atoms with E-state index in [2.05, 4.69) is 43.2 Å². The molecule has 4 heterocycles. The van der Waals surface area contributed by atoms with Gasteiger partial charge in [-0.15, -0.1) is 4.36 Å².